The molecule has 0 unspecified atom stereocenters. The minimum atomic E-state index is -4.39. The van der Waals surface area contributed by atoms with E-state index < -0.39 is 17.6 Å². The largest absolute Gasteiger partial charge is 0.416 e. The Balaban J connectivity index is 2.02. The van der Waals surface area contributed by atoms with Crippen molar-refractivity contribution in [2.45, 2.75) is 26.6 Å². The summed E-state index contributed by atoms with van der Waals surface area (Å²) in [6.07, 6.45) is -4.39. The third kappa shape index (κ3) is 3.65. The summed E-state index contributed by atoms with van der Waals surface area (Å²) < 4.78 is 37.3. The molecule has 2 aromatic rings. The van der Waals surface area contributed by atoms with E-state index in [1.807, 2.05) is 19.9 Å². The molecule has 0 saturated carbocycles. The Hall–Kier alpha value is -2.24. The first-order valence-corrected chi connectivity index (χ1v) is 6.38. The number of alkyl halides is 3. The SMILES string of the molecule is Cc1cc(CNC(=O)c2ccc(C(F)(F)F)cc2)c(C)[nH]1. The summed E-state index contributed by atoms with van der Waals surface area (Å²) in [4.78, 5) is 15.0. The van der Waals surface area contributed by atoms with E-state index in [1.165, 1.54) is 12.1 Å². The molecule has 0 bridgehead atoms. The molecule has 0 fully saturated rings. The second-order valence-electron chi connectivity index (χ2n) is 4.86. The van der Waals surface area contributed by atoms with Crippen LogP contribution in [0, 0.1) is 13.8 Å². The Labute approximate surface area is 120 Å². The standard InChI is InChI=1S/C15H15F3N2O/c1-9-7-12(10(2)20-9)8-19-14(21)11-3-5-13(6-4-11)15(16,17)18/h3-7,20H,8H2,1-2H3,(H,19,21). The van der Waals surface area contributed by atoms with E-state index >= 15 is 0 Å². The predicted octanol–water partition coefficient (Wildman–Crippen LogP) is 3.58. The molecule has 0 aliphatic carbocycles. The molecular weight excluding hydrogens is 281 g/mol. The summed E-state index contributed by atoms with van der Waals surface area (Å²) in [5, 5.41) is 2.69. The van der Waals surface area contributed by atoms with Crippen LogP contribution in [0.4, 0.5) is 13.2 Å². The highest BCUT2D eigenvalue weighted by atomic mass is 19.4. The number of carbonyl (C=O) groups excluding carboxylic acids is 1. The van der Waals surface area contributed by atoms with E-state index in [2.05, 4.69) is 10.3 Å². The van der Waals surface area contributed by atoms with E-state index in [-0.39, 0.29) is 5.56 Å². The van der Waals surface area contributed by atoms with Crippen molar-refractivity contribution in [2.24, 2.45) is 0 Å². The highest BCUT2D eigenvalue weighted by Crippen LogP contribution is 2.29. The number of halogens is 3. The maximum absolute atomic E-state index is 12.4. The van der Waals surface area contributed by atoms with Crippen LogP contribution >= 0.6 is 0 Å². The van der Waals surface area contributed by atoms with Crippen LogP contribution < -0.4 is 5.32 Å². The number of carbonyl (C=O) groups is 1. The minimum absolute atomic E-state index is 0.202. The molecule has 21 heavy (non-hydrogen) atoms. The normalized spacial score (nSPS) is 11.5. The summed E-state index contributed by atoms with van der Waals surface area (Å²) in [6.45, 7) is 4.14. The van der Waals surface area contributed by atoms with Gasteiger partial charge in [0.2, 0.25) is 0 Å². The number of hydrogen-bond donors (Lipinski definition) is 2. The van der Waals surface area contributed by atoms with Gasteiger partial charge in [-0.3, -0.25) is 4.79 Å². The van der Waals surface area contributed by atoms with Crippen LogP contribution in [0.15, 0.2) is 30.3 Å². The Bertz CT molecular complexity index is 642. The average molecular weight is 296 g/mol. The highest BCUT2D eigenvalue weighted by molar-refractivity contribution is 5.94. The second kappa shape index (κ2) is 5.63. The Morgan fingerprint density at radius 2 is 1.81 bits per heavy atom. The van der Waals surface area contributed by atoms with Gasteiger partial charge in [-0.25, -0.2) is 0 Å². The summed E-state index contributed by atoms with van der Waals surface area (Å²) in [6, 6.07) is 6.07. The lowest BCUT2D eigenvalue weighted by atomic mass is 10.1. The first kappa shape index (κ1) is 15.2. The zero-order valence-corrected chi connectivity index (χ0v) is 11.6. The van der Waals surface area contributed by atoms with Crippen molar-refractivity contribution in [3.8, 4) is 0 Å². The lowest BCUT2D eigenvalue weighted by molar-refractivity contribution is -0.137. The fraction of sp³-hybridized carbons (Fsp3) is 0.267. The number of hydrogen-bond acceptors (Lipinski definition) is 1. The lowest BCUT2D eigenvalue weighted by Crippen LogP contribution is -2.23. The third-order valence-corrected chi connectivity index (χ3v) is 3.17. The monoisotopic (exact) mass is 296 g/mol. The van der Waals surface area contributed by atoms with E-state index in [0.29, 0.717) is 6.54 Å². The van der Waals surface area contributed by atoms with Gasteiger partial charge >= 0.3 is 6.18 Å². The molecule has 3 nitrogen and oxygen atoms in total. The van der Waals surface area contributed by atoms with Crippen LogP contribution in [0.2, 0.25) is 0 Å². The van der Waals surface area contributed by atoms with Gasteiger partial charge in [-0.15, -0.1) is 0 Å². The van der Waals surface area contributed by atoms with Crippen molar-refractivity contribution in [3.63, 3.8) is 0 Å². The van der Waals surface area contributed by atoms with E-state index in [9.17, 15) is 18.0 Å². The number of rotatable bonds is 3. The van der Waals surface area contributed by atoms with Crippen molar-refractivity contribution in [2.75, 3.05) is 0 Å². The molecule has 6 heteroatoms. The van der Waals surface area contributed by atoms with Gasteiger partial charge in [-0.2, -0.15) is 13.2 Å². The third-order valence-electron chi connectivity index (χ3n) is 3.17. The molecule has 0 spiro atoms. The summed E-state index contributed by atoms with van der Waals surface area (Å²) in [7, 11) is 0. The van der Waals surface area contributed by atoms with Gasteiger partial charge in [0.05, 0.1) is 5.56 Å². The fourth-order valence-electron chi connectivity index (χ4n) is 2.05. The maximum atomic E-state index is 12.4. The molecule has 1 amide bonds. The van der Waals surface area contributed by atoms with Crippen molar-refractivity contribution in [1.29, 1.82) is 0 Å². The van der Waals surface area contributed by atoms with Gasteiger partial charge in [0.25, 0.3) is 5.91 Å². The fourth-order valence-corrected chi connectivity index (χ4v) is 2.05. The molecule has 1 heterocycles. The number of aromatic nitrogens is 1. The van der Waals surface area contributed by atoms with Gasteiger partial charge < -0.3 is 10.3 Å². The van der Waals surface area contributed by atoms with Crippen LogP contribution in [0.3, 0.4) is 0 Å². The van der Waals surface area contributed by atoms with Crippen LogP contribution in [0.5, 0.6) is 0 Å². The van der Waals surface area contributed by atoms with Gasteiger partial charge in [-0.05, 0) is 49.7 Å². The molecular formula is C15H15F3N2O. The van der Waals surface area contributed by atoms with Crippen molar-refractivity contribution in [1.82, 2.24) is 10.3 Å². The Morgan fingerprint density at radius 1 is 1.19 bits per heavy atom. The number of amides is 1. The number of aromatic amines is 1. The first-order valence-electron chi connectivity index (χ1n) is 6.38. The van der Waals surface area contributed by atoms with Crippen molar-refractivity contribution < 1.29 is 18.0 Å². The first-order chi connectivity index (χ1) is 9.77. The maximum Gasteiger partial charge on any atom is 0.416 e. The van der Waals surface area contributed by atoms with E-state index in [0.717, 1.165) is 29.1 Å². The van der Waals surface area contributed by atoms with Crippen LogP contribution in [-0.4, -0.2) is 10.9 Å². The number of benzene rings is 1. The number of aryl methyl sites for hydroxylation is 2. The summed E-state index contributed by atoms with van der Waals surface area (Å²) >= 11 is 0. The van der Waals surface area contributed by atoms with Gasteiger partial charge in [0.1, 0.15) is 0 Å². The summed E-state index contributed by atoms with van der Waals surface area (Å²) in [5.74, 6) is -0.401. The minimum Gasteiger partial charge on any atom is -0.362 e. The number of H-pyrrole nitrogens is 1. The smallest absolute Gasteiger partial charge is 0.362 e. The Kier molecular flexibility index (Phi) is 4.06. The van der Waals surface area contributed by atoms with Crippen molar-refractivity contribution >= 4 is 5.91 Å². The van der Waals surface area contributed by atoms with E-state index in [1.54, 1.807) is 0 Å². The molecule has 0 saturated heterocycles. The van der Waals surface area contributed by atoms with Crippen LogP contribution in [-0.2, 0) is 12.7 Å². The Morgan fingerprint density at radius 3 is 2.29 bits per heavy atom. The lowest BCUT2D eigenvalue weighted by Gasteiger charge is -2.08. The highest BCUT2D eigenvalue weighted by Gasteiger charge is 2.30. The van der Waals surface area contributed by atoms with E-state index in [4.69, 9.17) is 0 Å². The molecule has 0 aliphatic heterocycles. The second-order valence-corrected chi connectivity index (χ2v) is 4.86. The molecule has 112 valence electrons. The average Bonchev–Trinajstić information content (AvgIpc) is 2.73. The molecule has 1 aromatic heterocycles. The van der Waals surface area contributed by atoms with Gasteiger partial charge in [0.15, 0.2) is 0 Å². The van der Waals surface area contributed by atoms with Crippen LogP contribution in [0.1, 0.15) is 32.9 Å². The topological polar surface area (TPSA) is 44.9 Å². The number of nitrogens with one attached hydrogen (secondary N) is 2. The van der Waals surface area contributed by atoms with Gasteiger partial charge in [-0.1, -0.05) is 0 Å². The van der Waals surface area contributed by atoms with Crippen LogP contribution in [0.25, 0.3) is 0 Å². The molecule has 0 aliphatic rings. The predicted molar refractivity (Wildman–Crippen MR) is 72.9 cm³/mol. The molecule has 0 radical (unpaired) electrons. The zero-order chi connectivity index (χ0) is 15.6. The molecule has 2 N–H and O–H groups in total. The summed E-state index contributed by atoms with van der Waals surface area (Å²) in [5.41, 5.74) is 2.34. The molecule has 1 aromatic carbocycles. The molecule has 2 rings (SSSR count). The quantitative estimate of drug-likeness (QED) is 0.893. The zero-order valence-electron chi connectivity index (χ0n) is 11.6. The molecule has 0 atom stereocenters. The van der Waals surface area contributed by atoms with Gasteiger partial charge in [0, 0.05) is 23.5 Å². The van der Waals surface area contributed by atoms with Crippen molar-refractivity contribution in [3.05, 3.63) is 58.4 Å².